The summed E-state index contributed by atoms with van der Waals surface area (Å²) in [5.41, 5.74) is 3.26. The van der Waals surface area contributed by atoms with Gasteiger partial charge >= 0.3 is 5.97 Å². The number of carboxylic acids is 1. The van der Waals surface area contributed by atoms with Crippen molar-refractivity contribution in [3.63, 3.8) is 0 Å². The first-order valence-electron chi connectivity index (χ1n) is 5.69. The summed E-state index contributed by atoms with van der Waals surface area (Å²) in [6.07, 6.45) is 1.23. The van der Waals surface area contributed by atoms with Gasteiger partial charge < -0.3 is 10.4 Å². The van der Waals surface area contributed by atoms with E-state index in [1.54, 1.807) is 0 Å². The molecule has 0 spiro atoms. The van der Waals surface area contributed by atoms with Gasteiger partial charge in [0.1, 0.15) is 0 Å². The maximum absolute atomic E-state index is 10.5. The second-order valence-electron chi connectivity index (χ2n) is 4.35. The Balaban J connectivity index is 2.56. The zero-order valence-corrected chi connectivity index (χ0v) is 10.5. The third-order valence-electron chi connectivity index (χ3n) is 2.60. The number of carbonyl (C=O) groups is 1. The summed E-state index contributed by atoms with van der Waals surface area (Å²) in [5, 5.41) is 11.9. The molecule has 1 aromatic rings. The Bertz CT molecular complexity index is 424. The lowest BCUT2D eigenvalue weighted by Gasteiger charge is -2.14. The van der Waals surface area contributed by atoms with E-state index in [2.05, 4.69) is 37.4 Å². The summed E-state index contributed by atoms with van der Waals surface area (Å²) in [5.74, 6) is -0.896. The lowest BCUT2D eigenvalue weighted by atomic mass is 10.1. The van der Waals surface area contributed by atoms with Gasteiger partial charge in [-0.1, -0.05) is 35.4 Å². The number of hydrogen-bond donors (Lipinski definition) is 2. The molecule has 0 heterocycles. The standard InChI is InChI=1S/C14H19NO2/c1-10-5-4-6-13(7-10)12(3)15-9-11(2)8-14(16)17/h4-8,12,15H,9H2,1-3H3,(H,16,17)/b11-8+/t12-/m1/s1. The van der Waals surface area contributed by atoms with Crippen LogP contribution in [0.3, 0.4) is 0 Å². The Morgan fingerprint density at radius 3 is 2.82 bits per heavy atom. The minimum Gasteiger partial charge on any atom is -0.478 e. The molecule has 1 aromatic carbocycles. The maximum Gasteiger partial charge on any atom is 0.328 e. The van der Waals surface area contributed by atoms with Crippen LogP contribution in [-0.4, -0.2) is 17.6 Å². The molecule has 0 aliphatic rings. The lowest BCUT2D eigenvalue weighted by Crippen LogP contribution is -2.21. The summed E-state index contributed by atoms with van der Waals surface area (Å²) in [4.78, 5) is 10.5. The normalized spacial score (nSPS) is 13.5. The Morgan fingerprint density at radius 2 is 2.24 bits per heavy atom. The van der Waals surface area contributed by atoms with Gasteiger partial charge in [-0.05, 0) is 26.3 Å². The zero-order valence-electron chi connectivity index (χ0n) is 10.5. The van der Waals surface area contributed by atoms with Crippen molar-refractivity contribution >= 4 is 5.97 Å². The highest BCUT2D eigenvalue weighted by molar-refractivity contribution is 5.80. The number of benzene rings is 1. The summed E-state index contributed by atoms with van der Waals surface area (Å²) < 4.78 is 0. The molecule has 0 aliphatic carbocycles. The number of carboxylic acid groups (broad SMARTS) is 1. The quantitative estimate of drug-likeness (QED) is 0.769. The molecule has 0 aliphatic heterocycles. The second kappa shape index (κ2) is 6.21. The predicted molar refractivity (Wildman–Crippen MR) is 69.0 cm³/mol. The van der Waals surface area contributed by atoms with Gasteiger partial charge in [0, 0.05) is 18.7 Å². The van der Waals surface area contributed by atoms with E-state index < -0.39 is 5.97 Å². The van der Waals surface area contributed by atoms with Gasteiger partial charge in [-0.25, -0.2) is 4.79 Å². The van der Waals surface area contributed by atoms with Crippen molar-refractivity contribution in [2.75, 3.05) is 6.54 Å². The van der Waals surface area contributed by atoms with Gasteiger partial charge in [0.25, 0.3) is 0 Å². The molecule has 3 nitrogen and oxygen atoms in total. The predicted octanol–water partition coefficient (Wildman–Crippen LogP) is 2.68. The smallest absolute Gasteiger partial charge is 0.328 e. The van der Waals surface area contributed by atoms with E-state index in [4.69, 9.17) is 5.11 Å². The average Bonchev–Trinajstić information content (AvgIpc) is 2.25. The van der Waals surface area contributed by atoms with Crippen LogP contribution in [0.25, 0.3) is 0 Å². The van der Waals surface area contributed by atoms with E-state index in [9.17, 15) is 4.79 Å². The van der Waals surface area contributed by atoms with Crippen LogP contribution in [0.5, 0.6) is 0 Å². The Hall–Kier alpha value is -1.61. The molecule has 0 saturated carbocycles. The van der Waals surface area contributed by atoms with Crippen molar-refractivity contribution in [1.29, 1.82) is 0 Å². The van der Waals surface area contributed by atoms with Gasteiger partial charge in [-0.15, -0.1) is 0 Å². The molecule has 1 atom stereocenters. The minimum absolute atomic E-state index is 0.215. The van der Waals surface area contributed by atoms with Crippen LogP contribution in [-0.2, 0) is 4.79 Å². The van der Waals surface area contributed by atoms with E-state index in [1.807, 2.05) is 13.0 Å². The highest BCUT2D eigenvalue weighted by Gasteiger charge is 2.04. The van der Waals surface area contributed by atoms with Crippen LogP contribution in [0.15, 0.2) is 35.9 Å². The Labute approximate surface area is 102 Å². The summed E-state index contributed by atoms with van der Waals surface area (Å²) in [6, 6.07) is 8.51. The number of aliphatic carboxylic acids is 1. The molecule has 0 fully saturated rings. The van der Waals surface area contributed by atoms with Crippen molar-refractivity contribution in [3.05, 3.63) is 47.0 Å². The van der Waals surface area contributed by atoms with Crippen molar-refractivity contribution in [2.45, 2.75) is 26.8 Å². The maximum atomic E-state index is 10.5. The lowest BCUT2D eigenvalue weighted by molar-refractivity contribution is -0.131. The number of aryl methyl sites for hydroxylation is 1. The van der Waals surface area contributed by atoms with Gasteiger partial charge in [0.2, 0.25) is 0 Å². The average molecular weight is 233 g/mol. The molecule has 2 N–H and O–H groups in total. The third kappa shape index (κ3) is 4.83. The van der Waals surface area contributed by atoms with Crippen molar-refractivity contribution in [3.8, 4) is 0 Å². The Kier molecular flexibility index (Phi) is 4.91. The molecule has 1 rings (SSSR count). The molecular weight excluding hydrogens is 214 g/mol. The van der Waals surface area contributed by atoms with Crippen LogP contribution >= 0.6 is 0 Å². The molecule has 92 valence electrons. The van der Waals surface area contributed by atoms with Crippen LogP contribution in [0.4, 0.5) is 0 Å². The van der Waals surface area contributed by atoms with Crippen molar-refractivity contribution in [2.24, 2.45) is 0 Å². The topological polar surface area (TPSA) is 49.3 Å². The molecule has 0 unspecified atom stereocenters. The minimum atomic E-state index is -0.896. The SMILES string of the molecule is C/C(=C\C(=O)O)CN[C@H](C)c1cccc(C)c1. The number of rotatable bonds is 5. The first kappa shape index (κ1) is 13.5. The summed E-state index contributed by atoms with van der Waals surface area (Å²) in [6.45, 7) is 6.53. The van der Waals surface area contributed by atoms with Gasteiger partial charge in [-0.3, -0.25) is 0 Å². The number of nitrogens with one attached hydrogen (secondary N) is 1. The van der Waals surface area contributed by atoms with E-state index in [-0.39, 0.29) is 6.04 Å². The van der Waals surface area contributed by atoms with Crippen molar-refractivity contribution < 1.29 is 9.90 Å². The van der Waals surface area contributed by atoms with Crippen LogP contribution in [0.2, 0.25) is 0 Å². The fourth-order valence-electron chi connectivity index (χ4n) is 1.63. The highest BCUT2D eigenvalue weighted by atomic mass is 16.4. The molecule has 0 radical (unpaired) electrons. The number of hydrogen-bond acceptors (Lipinski definition) is 2. The second-order valence-corrected chi connectivity index (χ2v) is 4.35. The summed E-state index contributed by atoms with van der Waals surface area (Å²) in [7, 11) is 0. The van der Waals surface area contributed by atoms with E-state index >= 15 is 0 Å². The fraction of sp³-hybridized carbons (Fsp3) is 0.357. The van der Waals surface area contributed by atoms with Gasteiger partial charge in [-0.2, -0.15) is 0 Å². The third-order valence-corrected chi connectivity index (χ3v) is 2.60. The highest BCUT2D eigenvalue weighted by Crippen LogP contribution is 2.13. The molecule has 0 saturated heterocycles. The van der Waals surface area contributed by atoms with Crippen LogP contribution in [0.1, 0.15) is 31.0 Å². The Morgan fingerprint density at radius 1 is 1.53 bits per heavy atom. The summed E-state index contributed by atoms with van der Waals surface area (Å²) >= 11 is 0. The first-order valence-corrected chi connectivity index (χ1v) is 5.69. The monoisotopic (exact) mass is 233 g/mol. The van der Waals surface area contributed by atoms with Crippen molar-refractivity contribution in [1.82, 2.24) is 5.32 Å². The van der Waals surface area contributed by atoms with Crippen LogP contribution in [0, 0.1) is 6.92 Å². The molecule has 0 amide bonds. The molecular formula is C14H19NO2. The van der Waals surface area contributed by atoms with E-state index in [1.165, 1.54) is 17.2 Å². The van der Waals surface area contributed by atoms with E-state index in [0.717, 1.165) is 5.57 Å². The molecule has 0 bridgehead atoms. The first-order chi connectivity index (χ1) is 7.99. The van der Waals surface area contributed by atoms with Crippen LogP contribution < -0.4 is 5.32 Å². The molecule has 17 heavy (non-hydrogen) atoms. The largest absolute Gasteiger partial charge is 0.478 e. The molecule has 3 heteroatoms. The van der Waals surface area contributed by atoms with Gasteiger partial charge in [0.15, 0.2) is 0 Å². The zero-order chi connectivity index (χ0) is 12.8. The van der Waals surface area contributed by atoms with E-state index in [0.29, 0.717) is 6.54 Å². The van der Waals surface area contributed by atoms with Gasteiger partial charge in [0.05, 0.1) is 0 Å². The molecule has 0 aromatic heterocycles. The fourth-order valence-corrected chi connectivity index (χ4v) is 1.63.